The van der Waals surface area contributed by atoms with Crippen molar-refractivity contribution in [3.05, 3.63) is 29.6 Å². The Morgan fingerprint density at radius 1 is 1.42 bits per heavy atom. The molecule has 0 saturated carbocycles. The summed E-state index contributed by atoms with van der Waals surface area (Å²) in [6.45, 7) is 3.76. The van der Waals surface area contributed by atoms with Gasteiger partial charge < -0.3 is 15.5 Å². The number of likely N-dealkylation sites (N-methyl/N-ethyl adjacent to an activating group) is 1. The second-order valence-corrected chi connectivity index (χ2v) is 5.67. The normalized spacial score (nSPS) is 21.8. The molecule has 0 aliphatic carbocycles. The molecule has 1 heterocycles. The molecule has 1 aliphatic heterocycles. The third-order valence-corrected chi connectivity index (χ3v) is 3.95. The lowest BCUT2D eigenvalue weighted by Crippen LogP contribution is -2.45. The molecule has 2 N–H and O–H groups in total. The first-order valence-electron chi connectivity index (χ1n) is 6.96. The molecule has 2 atom stereocenters. The molecular weight excluding hydrogens is 241 g/mol. The van der Waals surface area contributed by atoms with Gasteiger partial charge in [0.05, 0.1) is 0 Å². The first-order valence-corrected chi connectivity index (χ1v) is 6.96. The van der Waals surface area contributed by atoms with Crippen LogP contribution >= 0.6 is 0 Å². The van der Waals surface area contributed by atoms with Crippen LogP contribution in [0.5, 0.6) is 0 Å². The average Bonchev–Trinajstić information content (AvgIpc) is 2.38. The van der Waals surface area contributed by atoms with Crippen LogP contribution in [0.25, 0.3) is 0 Å². The fourth-order valence-corrected chi connectivity index (χ4v) is 2.85. The van der Waals surface area contributed by atoms with Crippen molar-refractivity contribution >= 4 is 5.69 Å². The van der Waals surface area contributed by atoms with Crippen LogP contribution in [0.1, 0.15) is 31.4 Å². The van der Waals surface area contributed by atoms with Crippen LogP contribution in [-0.2, 0) is 0 Å². The third kappa shape index (κ3) is 3.07. The van der Waals surface area contributed by atoms with Gasteiger partial charge in [-0.1, -0.05) is 6.07 Å². The van der Waals surface area contributed by atoms with Gasteiger partial charge in [0, 0.05) is 36.4 Å². The Morgan fingerprint density at radius 3 is 2.79 bits per heavy atom. The second kappa shape index (κ2) is 5.88. The van der Waals surface area contributed by atoms with Gasteiger partial charge in [0.1, 0.15) is 5.82 Å². The highest BCUT2D eigenvalue weighted by Crippen LogP contribution is 2.30. The van der Waals surface area contributed by atoms with Crippen molar-refractivity contribution in [2.45, 2.75) is 31.8 Å². The van der Waals surface area contributed by atoms with Gasteiger partial charge in [-0.05, 0) is 46.0 Å². The predicted molar refractivity (Wildman–Crippen MR) is 77.9 cm³/mol. The van der Waals surface area contributed by atoms with E-state index in [1.165, 1.54) is 12.5 Å². The van der Waals surface area contributed by atoms with Gasteiger partial charge in [-0.15, -0.1) is 0 Å². The molecule has 1 aromatic rings. The summed E-state index contributed by atoms with van der Waals surface area (Å²) in [4.78, 5) is 4.52. The van der Waals surface area contributed by atoms with E-state index in [-0.39, 0.29) is 11.9 Å². The average molecular weight is 265 g/mol. The van der Waals surface area contributed by atoms with E-state index in [4.69, 9.17) is 5.73 Å². The van der Waals surface area contributed by atoms with E-state index in [9.17, 15) is 4.39 Å². The highest BCUT2D eigenvalue weighted by atomic mass is 19.1. The summed E-state index contributed by atoms with van der Waals surface area (Å²) < 4.78 is 14.0. The second-order valence-electron chi connectivity index (χ2n) is 5.67. The molecule has 0 bridgehead atoms. The van der Waals surface area contributed by atoms with Crippen LogP contribution in [0.2, 0.25) is 0 Å². The molecule has 2 rings (SSSR count). The van der Waals surface area contributed by atoms with Gasteiger partial charge in [0.25, 0.3) is 0 Å². The Kier molecular flexibility index (Phi) is 4.42. The maximum atomic E-state index is 14.0. The quantitative estimate of drug-likeness (QED) is 0.910. The molecule has 1 aromatic carbocycles. The number of nitrogens with zero attached hydrogens (tertiary/aromatic N) is 2. The van der Waals surface area contributed by atoms with E-state index >= 15 is 0 Å². The van der Waals surface area contributed by atoms with Crippen molar-refractivity contribution in [1.29, 1.82) is 0 Å². The number of hydrogen-bond acceptors (Lipinski definition) is 3. The van der Waals surface area contributed by atoms with Crippen LogP contribution in [0.4, 0.5) is 10.1 Å². The van der Waals surface area contributed by atoms with E-state index in [2.05, 4.69) is 23.9 Å². The van der Waals surface area contributed by atoms with Gasteiger partial charge in [-0.2, -0.15) is 0 Å². The lowest BCUT2D eigenvalue weighted by atomic mass is 10.00. The van der Waals surface area contributed by atoms with Crippen LogP contribution in [0.15, 0.2) is 18.2 Å². The number of benzene rings is 1. The fourth-order valence-electron chi connectivity index (χ4n) is 2.85. The van der Waals surface area contributed by atoms with Gasteiger partial charge in [0.2, 0.25) is 0 Å². The molecule has 0 aromatic heterocycles. The van der Waals surface area contributed by atoms with Crippen LogP contribution in [0.3, 0.4) is 0 Å². The number of anilines is 1. The summed E-state index contributed by atoms with van der Waals surface area (Å²) in [6, 6.07) is 5.50. The minimum absolute atomic E-state index is 0.195. The summed E-state index contributed by atoms with van der Waals surface area (Å²) in [5.74, 6) is -0.195. The number of halogens is 1. The molecule has 4 heteroatoms. The van der Waals surface area contributed by atoms with E-state index in [0.29, 0.717) is 11.6 Å². The molecule has 0 radical (unpaired) electrons. The van der Waals surface area contributed by atoms with Crippen LogP contribution in [-0.4, -0.2) is 38.1 Å². The lowest BCUT2D eigenvalue weighted by Gasteiger charge is -2.38. The molecule has 0 amide bonds. The topological polar surface area (TPSA) is 32.5 Å². The predicted octanol–water partition coefficient (Wildman–Crippen LogP) is 2.38. The van der Waals surface area contributed by atoms with Crippen molar-refractivity contribution in [1.82, 2.24) is 4.90 Å². The smallest absolute Gasteiger partial charge is 0.130 e. The van der Waals surface area contributed by atoms with E-state index in [0.717, 1.165) is 25.2 Å². The molecule has 1 fully saturated rings. The SMILES string of the molecule is CC(N)c1c(F)cccc1N1CCCC(N(C)C)C1. The zero-order valence-electron chi connectivity index (χ0n) is 12.1. The largest absolute Gasteiger partial charge is 0.370 e. The maximum absolute atomic E-state index is 14.0. The number of hydrogen-bond donors (Lipinski definition) is 1. The molecule has 2 unspecified atom stereocenters. The minimum atomic E-state index is -0.282. The number of nitrogens with two attached hydrogens (primary N) is 1. The first kappa shape index (κ1) is 14.3. The van der Waals surface area contributed by atoms with Gasteiger partial charge in [-0.3, -0.25) is 0 Å². The minimum Gasteiger partial charge on any atom is -0.370 e. The fraction of sp³-hybridized carbons (Fsp3) is 0.600. The first-order chi connectivity index (χ1) is 9.00. The summed E-state index contributed by atoms with van der Waals surface area (Å²) in [5.41, 5.74) is 7.54. The van der Waals surface area contributed by atoms with Crippen molar-refractivity contribution < 1.29 is 4.39 Å². The molecule has 3 nitrogen and oxygen atoms in total. The maximum Gasteiger partial charge on any atom is 0.130 e. The molecule has 19 heavy (non-hydrogen) atoms. The molecule has 106 valence electrons. The van der Waals surface area contributed by atoms with Gasteiger partial charge >= 0.3 is 0 Å². The summed E-state index contributed by atoms with van der Waals surface area (Å²) in [7, 11) is 4.21. The van der Waals surface area contributed by atoms with Crippen molar-refractivity contribution in [2.24, 2.45) is 5.73 Å². The van der Waals surface area contributed by atoms with Crippen molar-refractivity contribution in [3.8, 4) is 0 Å². The Bertz CT molecular complexity index is 431. The summed E-state index contributed by atoms with van der Waals surface area (Å²) in [5, 5.41) is 0. The Balaban J connectivity index is 2.28. The molecule has 1 saturated heterocycles. The zero-order chi connectivity index (χ0) is 14.0. The highest BCUT2D eigenvalue weighted by molar-refractivity contribution is 5.56. The van der Waals surface area contributed by atoms with E-state index in [1.807, 2.05) is 13.0 Å². The van der Waals surface area contributed by atoms with Crippen molar-refractivity contribution in [3.63, 3.8) is 0 Å². The van der Waals surface area contributed by atoms with Crippen LogP contribution < -0.4 is 10.6 Å². The lowest BCUT2D eigenvalue weighted by molar-refractivity contribution is 0.258. The summed E-state index contributed by atoms with van der Waals surface area (Å²) in [6.07, 6.45) is 2.34. The molecular formula is C15H24FN3. The van der Waals surface area contributed by atoms with Gasteiger partial charge in [-0.25, -0.2) is 4.39 Å². The zero-order valence-corrected chi connectivity index (χ0v) is 12.1. The summed E-state index contributed by atoms with van der Waals surface area (Å²) >= 11 is 0. The Labute approximate surface area is 115 Å². The van der Waals surface area contributed by atoms with E-state index < -0.39 is 0 Å². The van der Waals surface area contributed by atoms with Gasteiger partial charge in [0.15, 0.2) is 0 Å². The monoisotopic (exact) mass is 265 g/mol. The van der Waals surface area contributed by atoms with Crippen LogP contribution in [0, 0.1) is 5.82 Å². The Hall–Kier alpha value is -1.13. The Morgan fingerprint density at radius 2 is 2.16 bits per heavy atom. The molecule has 0 spiro atoms. The highest BCUT2D eigenvalue weighted by Gasteiger charge is 2.24. The molecule has 1 aliphatic rings. The standard InChI is InChI=1S/C15H24FN3/c1-11(17)15-13(16)7-4-8-14(15)19-9-5-6-12(10-19)18(2)3/h4,7-8,11-12H,5-6,9-10,17H2,1-3H3. The third-order valence-electron chi connectivity index (χ3n) is 3.95. The number of piperidine rings is 1. The van der Waals surface area contributed by atoms with E-state index in [1.54, 1.807) is 6.07 Å². The van der Waals surface area contributed by atoms with Crippen molar-refractivity contribution in [2.75, 3.05) is 32.1 Å². The number of rotatable bonds is 3.